The molecule has 1 amide bonds. The molecule has 0 saturated heterocycles. The van der Waals surface area contributed by atoms with E-state index in [-0.39, 0.29) is 5.91 Å². The lowest BCUT2D eigenvalue weighted by molar-refractivity contribution is -0.121. The summed E-state index contributed by atoms with van der Waals surface area (Å²) < 4.78 is 0. The Morgan fingerprint density at radius 3 is 2.61 bits per heavy atom. The molecule has 0 fully saturated rings. The standard InChI is InChI=1S/C15H24N2O/c1-3-13(14-8-5-4-6-9-14)12-17-15(18)10-7-11-16-2/h4-6,8-9,13,16H,3,7,10-12H2,1-2H3,(H,17,18). The highest BCUT2D eigenvalue weighted by molar-refractivity contribution is 5.75. The van der Waals surface area contributed by atoms with Gasteiger partial charge in [-0.05, 0) is 32.0 Å². The van der Waals surface area contributed by atoms with Crippen LogP contribution in [0, 0.1) is 0 Å². The Morgan fingerprint density at radius 1 is 1.28 bits per heavy atom. The predicted molar refractivity (Wildman–Crippen MR) is 75.6 cm³/mol. The van der Waals surface area contributed by atoms with Gasteiger partial charge in [-0.1, -0.05) is 37.3 Å². The Balaban J connectivity index is 2.34. The van der Waals surface area contributed by atoms with Crippen LogP contribution >= 0.6 is 0 Å². The molecule has 0 aliphatic carbocycles. The largest absolute Gasteiger partial charge is 0.355 e. The molecule has 2 N–H and O–H groups in total. The summed E-state index contributed by atoms with van der Waals surface area (Å²) in [5.41, 5.74) is 1.30. The molecular formula is C15H24N2O. The van der Waals surface area contributed by atoms with Crippen molar-refractivity contribution in [1.82, 2.24) is 10.6 Å². The molecule has 0 aliphatic heterocycles. The van der Waals surface area contributed by atoms with E-state index in [1.165, 1.54) is 5.56 Å². The number of amides is 1. The maximum Gasteiger partial charge on any atom is 0.220 e. The Kier molecular flexibility index (Phi) is 7.11. The van der Waals surface area contributed by atoms with Gasteiger partial charge in [-0.25, -0.2) is 0 Å². The molecule has 1 atom stereocenters. The third-order valence-electron chi connectivity index (χ3n) is 3.14. The lowest BCUT2D eigenvalue weighted by atomic mass is 9.96. The predicted octanol–water partition coefficient (Wildman–Crippen LogP) is 2.30. The van der Waals surface area contributed by atoms with Crippen LogP contribution in [0.1, 0.15) is 37.7 Å². The van der Waals surface area contributed by atoms with Crippen molar-refractivity contribution in [2.24, 2.45) is 0 Å². The molecule has 3 nitrogen and oxygen atoms in total. The Bertz CT molecular complexity index is 338. The second-order valence-electron chi connectivity index (χ2n) is 4.53. The van der Waals surface area contributed by atoms with Gasteiger partial charge in [-0.15, -0.1) is 0 Å². The van der Waals surface area contributed by atoms with Gasteiger partial charge in [-0.3, -0.25) is 4.79 Å². The smallest absolute Gasteiger partial charge is 0.220 e. The van der Waals surface area contributed by atoms with E-state index in [2.05, 4.69) is 29.7 Å². The fourth-order valence-corrected chi connectivity index (χ4v) is 1.97. The van der Waals surface area contributed by atoms with Crippen molar-refractivity contribution < 1.29 is 4.79 Å². The van der Waals surface area contributed by atoms with Gasteiger partial charge in [-0.2, -0.15) is 0 Å². The summed E-state index contributed by atoms with van der Waals surface area (Å²) in [5.74, 6) is 0.569. The average Bonchev–Trinajstić information content (AvgIpc) is 2.41. The molecule has 0 aliphatic rings. The number of nitrogens with one attached hydrogen (secondary N) is 2. The molecule has 0 radical (unpaired) electrons. The average molecular weight is 248 g/mol. The minimum Gasteiger partial charge on any atom is -0.355 e. The second-order valence-corrected chi connectivity index (χ2v) is 4.53. The number of rotatable bonds is 8. The number of carbonyl (C=O) groups is 1. The summed E-state index contributed by atoms with van der Waals surface area (Å²) in [7, 11) is 1.90. The van der Waals surface area contributed by atoms with E-state index in [0.29, 0.717) is 12.3 Å². The van der Waals surface area contributed by atoms with E-state index in [1.54, 1.807) is 0 Å². The summed E-state index contributed by atoms with van der Waals surface area (Å²) in [4.78, 5) is 11.6. The van der Waals surface area contributed by atoms with Gasteiger partial charge in [0.15, 0.2) is 0 Å². The highest BCUT2D eigenvalue weighted by atomic mass is 16.1. The van der Waals surface area contributed by atoms with Crippen molar-refractivity contribution in [2.75, 3.05) is 20.1 Å². The van der Waals surface area contributed by atoms with E-state index in [1.807, 2.05) is 25.2 Å². The van der Waals surface area contributed by atoms with Crippen molar-refractivity contribution in [3.05, 3.63) is 35.9 Å². The first kappa shape index (κ1) is 14.7. The van der Waals surface area contributed by atoms with Gasteiger partial charge >= 0.3 is 0 Å². The molecule has 1 rings (SSSR count). The van der Waals surface area contributed by atoms with Gasteiger partial charge in [0.05, 0.1) is 0 Å². The molecule has 100 valence electrons. The molecule has 1 aromatic carbocycles. The number of carbonyl (C=O) groups excluding carboxylic acids is 1. The molecule has 0 heterocycles. The van der Waals surface area contributed by atoms with Crippen molar-refractivity contribution in [3.8, 4) is 0 Å². The molecule has 1 aromatic rings. The van der Waals surface area contributed by atoms with E-state index >= 15 is 0 Å². The third kappa shape index (κ3) is 5.32. The maximum absolute atomic E-state index is 11.6. The molecule has 0 bridgehead atoms. The van der Waals surface area contributed by atoms with Crippen LogP contribution < -0.4 is 10.6 Å². The summed E-state index contributed by atoms with van der Waals surface area (Å²) in [6.07, 6.45) is 2.54. The zero-order valence-corrected chi connectivity index (χ0v) is 11.4. The normalized spacial score (nSPS) is 12.1. The quantitative estimate of drug-likeness (QED) is 0.693. The zero-order chi connectivity index (χ0) is 13.2. The van der Waals surface area contributed by atoms with Crippen molar-refractivity contribution in [1.29, 1.82) is 0 Å². The van der Waals surface area contributed by atoms with Crippen LogP contribution in [0.2, 0.25) is 0 Å². The fourth-order valence-electron chi connectivity index (χ4n) is 1.97. The fraction of sp³-hybridized carbons (Fsp3) is 0.533. The number of benzene rings is 1. The Labute approximate surface area is 110 Å². The Hall–Kier alpha value is -1.35. The lowest BCUT2D eigenvalue weighted by Gasteiger charge is -2.16. The first-order valence-corrected chi connectivity index (χ1v) is 6.74. The van der Waals surface area contributed by atoms with Crippen LogP contribution in [0.3, 0.4) is 0 Å². The van der Waals surface area contributed by atoms with E-state index in [4.69, 9.17) is 0 Å². The monoisotopic (exact) mass is 248 g/mol. The second kappa shape index (κ2) is 8.70. The van der Waals surface area contributed by atoms with Crippen LogP contribution in [0.15, 0.2) is 30.3 Å². The molecule has 3 heteroatoms. The van der Waals surface area contributed by atoms with E-state index in [0.717, 1.165) is 25.9 Å². The molecule has 0 saturated carbocycles. The van der Waals surface area contributed by atoms with Crippen LogP contribution in [0.4, 0.5) is 0 Å². The zero-order valence-electron chi connectivity index (χ0n) is 11.4. The van der Waals surface area contributed by atoms with Crippen LogP contribution in [0.5, 0.6) is 0 Å². The summed E-state index contributed by atoms with van der Waals surface area (Å²) >= 11 is 0. The van der Waals surface area contributed by atoms with Crippen LogP contribution in [-0.2, 0) is 4.79 Å². The molecular weight excluding hydrogens is 224 g/mol. The lowest BCUT2D eigenvalue weighted by Crippen LogP contribution is -2.28. The Morgan fingerprint density at radius 2 is 2.00 bits per heavy atom. The van der Waals surface area contributed by atoms with Crippen LogP contribution in [0.25, 0.3) is 0 Å². The minimum absolute atomic E-state index is 0.152. The number of hydrogen-bond donors (Lipinski definition) is 2. The van der Waals surface area contributed by atoms with Gasteiger partial charge in [0.2, 0.25) is 5.91 Å². The van der Waals surface area contributed by atoms with Gasteiger partial charge in [0, 0.05) is 18.9 Å². The maximum atomic E-state index is 11.6. The van der Waals surface area contributed by atoms with Gasteiger partial charge in [0.25, 0.3) is 0 Å². The SMILES string of the molecule is CCC(CNC(=O)CCCNC)c1ccccc1. The van der Waals surface area contributed by atoms with E-state index < -0.39 is 0 Å². The third-order valence-corrected chi connectivity index (χ3v) is 3.14. The minimum atomic E-state index is 0.152. The molecule has 18 heavy (non-hydrogen) atoms. The summed E-state index contributed by atoms with van der Waals surface area (Å²) in [6, 6.07) is 10.4. The van der Waals surface area contributed by atoms with Gasteiger partial charge in [0.1, 0.15) is 0 Å². The molecule has 0 aromatic heterocycles. The van der Waals surface area contributed by atoms with Crippen molar-refractivity contribution >= 4 is 5.91 Å². The van der Waals surface area contributed by atoms with Crippen LogP contribution in [-0.4, -0.2) is 26.0 Å². The van der Waals surface area contributed by atoms with Gasteiger partial charge < -0.3 is 10.6 Å². The molecule has 1 unspecified atom stereocenters. The first-order valence-electron chi connectivity index (χ1n) is 6.74. The van der Waals surface area contributed by atoms with Crippen molar-refractivity contribution in [2.45, 2.75) is 32.1 Å². The molecule has 0 spiro atoms. The first-order chi connectivity index (χ1) is 8.77. The van der Waals surface area contributed by atoms with E-state index in [9.17, 15) is 4.79 Å². The highest BCUT2D eigenvalue weighted by Gasteiger charge is 2.10. The van der Waals surface area contributed by atoms with Crippen molar-refractivity contribution in [3.63, 3.8) is 0 Å². The topological polar surface area (TPSA) is 41.1 Å². The highest BCUT2D eigenvalue weighted by Crippen LogP contribution is 2.17. The summed E-state index contributed by atoms with van der Waals surface area (Å²) in [5, 5.41) is 6.07. The number of hydrogen-bond acceptors (Lipinski definition) is 2. The summed E-state index contributed by atoms with van der Waals surface area (Å²) in [6.45, 7) is 3.78.